The number of urea groups is 1. The zero-order chi connectivity index (χ0) is 18.4. The zero-order valence-electron chi connectivity index (χ0n) is 15.4. The molecule has 1 heterocycles. The van der Waals surface area contributed by atoms with Gasteiger partial charge in [0.25, 0.3) is 0 Å². The molecule has 0 bridgehead atoms. The van der Waals surface area contributed by atoms with Crippen LogP contribution in [0.1, 0.15) is 32.4 Å². The van der Waals surface area contributed by atoms with E-state index in [1.807, 2.05) is 30.3 Å². The molecule has 0 saturated heterocycles. The van der Waals surface area contributed by atoms with Crippen molar-refractivity contribution in [1.29, 1.82) is 0 Å². The second-order valence-electron chi connectivity index (χ2n) is 5.89. The van der Waals surface area contributed by atoms with Crippen molar-refractivity contribution in [2.75, 3.05) is 33.3 Å². The summed E-state index contributed by atoms with van der Waals surface area (Å²) in [6, 6.07) is 8.79. The number of benzene rings is 1. The minimum Gasteiger partial charge on any atom is -0.463 e. The molecule has 1 aliphatic heterocycles. The smallest absolute Gasteiger partial charge is 0.338 e. The van der Waals surface area contributed by atoms with Crippen LogP contribution in [0.15, 0.2) is 41.6 Å². The summed E-state index contributed by atoms with van der Waals surface area (Å²) in [6.07, 6.45) is 0. The van der Waals surface area contributed by atoms with E-state index in [0.717, 1.165) is 18.7 Å². The van der Waals surface area contributed by atoms with Crippen LogP contribution in [-0.4, -0.2) is 55.1 Å². The number of carbonyl (C=O) groups is 2. The number of nitrogens with zero attached hydrogens (tertiary/aromatic N) is 2. The predicted octanol–water partition coefficient (Wildman–Crippen LogP) is 2.54. The molecule has 0 saturated carbocycles. The normalized spacial score (nSPS) is 17.7. The Balaban J connectivity index is 2.55. The second-order valence-corrected chi connectivity index (χ2v) is 5.89. The number of amides is 2. The number of hydrogen-bond donors (Lipinski definition) is 1. The summed E-state index contributed by atoms with van der Waals surface area (Å²) >= 11 is 0. The van der Waals surface area contributed by atoms with Crippen molar-refractivity contribution < 1.29 is 14.3 Å². The van der Waals surface area contributed by atoms with E-state index in [9.17, 15) is 9.59 Å². The first-order chi connectivity index (χ1) is 12.0. The Hall–Kier alpha value is -2.34. The molecule has 0 radical (unpaired) electrons. The number of rotatable bonds is 7. The van der Waals surface area contributed by atoms with Gasteiger partial charge in [-0.1, -0.05) is 44.2 Å². The highest BCUT2D eigenvalue weighted by molar-refractivity contribution is 5.95. The largest absolute Gasteiger partial charge is 0.463 e. The van der Waals surface area contributed by atoms with Crippen molar-refractivity contribution in [3.63, 3.8) is 0 Å². The first-order valence-corrected chi connectivity index (χ1v) is 8.75. The molecule has 1 N–H and O–H groups in total. The lowest BCUT2D eigenvalue weighted by Gasteiger charge is -2.36. The first-order valence-electron chi connectivity index (χ1n) is 8.75. The molecule has 25 heavy (non-hydrogen) atoms. The molecule has 6 nitrogen and oxygen atoms in total. The molecule has 1 aromatic rings. The van der Waals surface area contributed by atoms with Gasteiger partial charge in [-0.2, -0.15) is 0 Å². The van der Waals surface area contributed by atoms with Gasteiger partial charge in [0.1, 0.15) is 0 Å². The molecule has 0 fully saturated rings. The third-order valence-corrected chi connectivity index (χ3v) is 4.47. The monoisotopic (exact) mass is 345 g/mol. The third-order valence-electron chi connectivity index (χ3n) is 4.47. The third kappa shape index (κ3) is 4.20. The average molecular weight is 345 g/mol. The maximum Gasteiger partial charge on any atom is 0.338 e. The predicted molar refractivity (Wildman–Crippen MR) is 96.9 cm³/mol. The van der Waals surface area contributed by atoms with E-state index in [1.165, 1.54) is 4.90 Å². The van der Waals surface area contributed by atoms with Gasteiger partial charge in [0, 0.05) is 19.3 Å². The van der Waals surface area contributed by atoms with Gasteiger partial charge in [0.2, 0.25) is 0 Å². The maximum absolute atomic E-state index is 12.7. The standard InChI is InChI=1S/C19H27N3O3/c1-5-22(6-2)13-15-16(18(23)25-7-3)17(20-19(24)21(15)4)14-11-9-8-10-12-14/h8-12,17H,5-7,13H2,1-4H3,(H,20,24)/t17-/m1/s1. The van der Waals surface area contributed by atoms with Crippen molar-refractivity contribution in [3.8, 4) is 0 Å². The number of ether oxygens (including phenoxy) is 1. The molecular weight excluding hydrogens is 318 g/mol. The van der Waals surface area contributed by atoms with Crippen molar-refractivity contribution in [2.45, 2.75) is 26.8 Å². The summed E-state index contributed by atoms with van der Waals surface area (Å²) in [5.41, 5.74) is 2.06. The Morgan fingerprint density at radius 3 is 2.40 bits per heavy atom. The molecular formula is C19H27N3O3. The lowest BCUT2D eigenvalue weighted by molar-refractivity contribution is -0.139. The molecule has 0 aliphatic carbocycles. The average Bonchev–Trinajstić information content (AvgIpc) is 2.63. The first kappa shape index (κ1) is 19.0. The molecule has 136 valence electrons. The van der Waals surface area contributed by atoms with Gasteiger partial charge in [-0.05, 0) is 25.6 Å². The molecule has 2 rings (SSSR count). The SMILES string of the molecule is CCOC(=O)C1=C(CN(CC)CC)N(C)C(=O)N[C@@H]1c1ccccc1. The Bertz CT molecular complexity index is 639. The fourth-order valence-electron chi connectivity index (χ4n) is 2.95. The number of nitrogens with one attached hydrogen (secondary N) is 1. The minimum atomic E-state index is -0.505. The topological polar surface area (TPSA) is 61.9 Å². The van der Waals surface area contributed by atoms with Crippen LogP contribution < -0.4 is 5.32 Å². The number of esters is 1. The molecule has 2 amide bonds. The highest BCUT2D eigenvalue weighted by atomic mass is 16.5. The summed E-state index contributed by atoms with van der Waals surface area (Å²) in [7, 11) is 1.69. The molecule has 1 atom stereocenters. The summed E-state index contributed by atoms with van der Waals surface area (Å²) in [4.78, 5) is 28.9. The highest BCUT2D eigenvalue weighted by Crippen LogP contribution is 2.31. The molecule has 6 heteroatoms. The fourth-order valence-corrected chi connectivity index (χ4v) is 2.95. The fraction of sp³-hybridized carbons (Fsp3) is 0.474. The van der Waals surface area contributed by atoms with Crippen LogP contribution in [0.25, 0.3) is 0 Å². The van der Waals surface area contributed by atoms with Gasteiger partial charge in [0.05, 0.1) is 18.2 Å². The molecule has 1 aromatic carbocycles. The van der Waals surface area contributed by atoms with Crippen LogP contribution in [0.5, 0.6) is 0 Å². The van der Waals surface area contributed by atoms with Crippen LogP contribution in [0, 0.1) is 0 Å². The van der Waals surface area contributed by atoms with E-state index < -0.39 is 6.04 Å². The van der Waals surface area contributed by atoms with E-state index in [4.69, 9.17) is 4.74 Å². The van der Waals surface area contributed by atoms with E-state index in [0.29, 0.717) is 24.4 Å². The van der Waals surface area contributed by atoms with Crippen molar-refractivity contribution in [2.24, 2.45) is 0 Å². The van der Waals surface area contributed by atoms with Gasteiger partial charge in [-0.3, -0.25) is 9.80 Å². The Morgan fingerprint density at radius 2 is 1.84 bits per heavy atom. The Labute approximate surface area is 149 Å². The lowest BCUT2D eigenvalue weighted by Crippen LogP contribution is -2.49. The quantitative estimate of drug-likeness (QED) is 0.772. The van der Waals surface area contributed by atoms with E-state index >= 15 is 0 Å². The number of hydrogen-bond acceptors (Lipinski definition) is 4. The van der Waals surface area contributed by atoms with Crippen LogP contribution >= 0.6 is 0 Å². The van der Waals surface area contributed by atoms with Crippen LogP contribution in [0.2, 0.25) is 0 Å². The summed E-state index contributed by atoms with van der Waals surface area (Å²) in [5, 5.41) is 2.92. The molecule has 0 unspecified atom stereocenters. The van der Waals surface area contributed by atoms with Gasteiger partial charge < -0.3 is 10.1 Å². The minimum absolute atomic E-state index is 0.218. The molecule has 0 spiro atoms. The molecule has 1 aliphatic rings. The second kappa shape index (κ2) is 8.67. The summed E-state index contributed by atoms with van der Waals surface area (Å²) in [5.74, 6) is -0.384. The summed E-state index contributed by atoms with van der Waals surface area (Å²) in [6.45, 7) is 8.39. The number of likely N-dealkylation sites (N-methyl/N-ethyl adjacent to an activating group) is 2. The lowest BCUT2D eigenvalue weighted by atomic mass is 9.94. The van der Waals surface area contributed by atoms with Gasteiger partial charge in [-0.15, -0.1) is 0 Å². The zero-order valence-corrected chi connectivity index (χ0v) is 15.4. The number of carbonyl (C=O) groups excluding carboxylic acids is 2. The van der Waals surface area contributed by atoms with E-state index in [1.54, 1.807) is 14.0 Å². The van der Waals surface area contributed by atoms with Crippen LogP contribution in [-0.2, 0) is 9.53 Å². The highest BCUT2D eigenvalue weighted by Gasteiger charge is 2.36. The van der Waals surface area contributed by atoms with Gasteiger partial charge in [0.15, 0.2) is 0 Å². The maximum atomic E-state index is 12.7. The summed E-state index contributed by atoms with van der Waals surface area (Å²) < 4.78 is 5.30. The van der Waals surface area contributed by atoms with Crippen molar-refractivity contribution in [1.82, 2.24) is 15.1 Å². The van der Waals surface area contributed by atoms with Crippen molar-refractivity contribution >= 4 is 12.0 Å². The van der Waals surface area contributed by atoms with Crippen LogP contribution in [0.3, 0.4) is 0 Å². The van der Waals surface area contributed by atoms with E-state index in [-0.39, 0.29) is 12.0 Å². The van der Waals surface area contributed by atoms with Gasteiger partial charge >= 0.3 is 12.0 Å². The van der Waals surface area contributed by atoms with Crippen molar-refractivity contribution in [3.05, 3.63) is 47.2 Å². The molecule has 0 aromatic heterocycles. The van der Waals surface area contributed by atoms with Gasteiger partial charge in [-0.25, -0.2) is 9.59 Å². The van der Waals surface area contributed by atoms with Crippen LogP contribution in [0.4, 0.5) is 4.79 Å². The van der Waals surface area contributed by atoms with E-state index in [2.05, 4.69) is 24.1 Å². The Morgan fingerprint density at radius 1 is 1.20 bits per heavy atom. The Kier molecular flexibility index (Phi) is 6.58.